The van der Waals surface area contributed by atoms with Crippen LogP contribution in [0.1, 0.15) is 31.1 Å². The van der Waals surface area contributed by atoms with E-state index in [0.29, 0.717) is 22.6 Å². The van der Waals surface area contributed by atoms with Crippen LogP contribution in [0.5, 0.6) is 28.7 Å². The molecule has 0 spiro atoms. The molecule has 3 rings (SSSR count). The van der Waals surface area contributed by atoms with Crippen LogP contribution < -0.4 is 9.47 Å². The van der Waals surface area contributed by atoms with Gasteiger partial charge in [-0.2, -0.15) is 0 Å². The molecule has 2 aromatic rings. The standard InChI is InChI=1S/C19H19O7.La/c1-10(2)25-12-6-15(22)13-8-18(24-9-20)19(26-17(13)7-12)11-3-4-14(21)16(23)5-11;/h3-7,10,18-19,21-23H,8H2,1-2H3;/q-1;/t18-,19+;/m0./s1. The summed E-state index contributed by atoms with van der Waals surface area (Å²) in [6.45, 7) is 5.13. The first-order valence-electron chi connectivity index (χ1n) is 8.13. The average Bonchev–Trinajstić information content (AvgIpc) is 2.57. The predicted octanol–water partition coefficient (Wildman–Crippen LogP) is 2.72. The number of hydrogen-bond donors (Lipinski definition) is 3. The van der Waals surface area contributed by atoms with E-state index in [1.54, 1.807) is 12.1 Å². The van der Waals surface area contributed by atoms with Crippen LogP contribution in [0, 0.1) is 35.6 Å². The fourth-order valence-electron chi connectivity index (χ4n) is 2.94. The Hall–Kier alpha value is -1.90. The van der Waals surface area contributed by atoms with Gasteiger partial charge in [-0.1, -0.05) is 12.5 Å². The van der Waals surface area contributed by atoms with Crippen LogP contribution in [-0.2, 0) is 16.0 Å². The molecule has 8 heteroatoms. The Morgan fingerprint density at radius 2 is 1.85 bits per heavy atom. The quantitative estimate of drug-likeness (QED) is 0.430. The third-order valence-corrected chi connectivity index (χ3v) is 4.06. The van der Waals surface area contributed by atoms with Crippen molar-refractivity contribution < 1.29 is 69.9 Å². The molecule has 0 aromatic heterocycles. The summed E-state index contributed by atoms with van der Waals surface area (Å²) in [4.78, 5) is 10.8. The van der Waals surface area contributed by atoms with E-state index in [4.69, 9.17) is 14.2 Å². The fraction of sp³-hybridized carbons (Fsp3) is 0.316. The van der Waals surface area contributed by atoms with Gasteiger partial charge in [0.2, 0.25) is 0 Å². The molecule has 2 aromatic carbocycles. The Morgan fingerprint density at radius 1 is 1.11 bits per heavy atom. The van der Waals surface area contributed by atoms with Crippen LogP contribution in [0.2, 0.25) is 0 Å². The van der Waals surface area contributed by atoms with E-state index >= 15 is 0 Å². The van der Waals surface area contributed by atoms with Crippen LogP contribution >= 0.6 is 0 Å². The van der Waals surface area contributed by atoms with E-state index in [1.807, 2.05) is 13.8 Å². The molecule has 1 aliphatic rings. The number of phenolic OH excluding ortho intramolecular Hbond substituents is 3. The van der Waals surface area contributed by atoms with Gasteiger partial charge < -0.3 is 34.3 Å². The maximum Gasteiger partial charge on any atom is 0.158 e. The van der Waals surface area contributed by atoms with E-state index in [1.165, 1.54) is 24.7 Å². The number of phenols is 3. The van der Waals surface area contributed by atoms with E-state index in [9.17, 15) is 20.1 Å². The minimum absolute atomic E-state index is 0. The van der Waals surface area contributed by atoms with Crippen LogP contribution in [0.25, 0.3) is 0 Å². The van der Waals surface area contributed by atoms with Crippen molar-refractivity contribution in [2.75, 3.05) is 0 Å². The van der Waals surface area contributed by atoms with Gasteiger partial charge in [0, 0.05) is 59.7 Å². The molecule has 1 heterocycles. The van der Waals surface area contributed by atoms with Crippen molar-refractivity contribution in [1.82, 2.24) is 0 Å². The second-order valence-corrected chi connectivity index (χ2v) is 6.32. The average molecular weight is 498 g/mol. The SMILES string of the molecule is CC(C)Oc1cc(O)c2c(c1)O[C@H](c1ccc(O)c(O)c1)[C@@H](O[C-]=O)C2.[La]. The molecule has 1 aliphatic heterocycles. The summed E-state index contributed by atoms with van der Waals surface area (Å²) in [5.41, 5.74) is 0.987. The first kappa shape index (κ1) is 21.4. The molecule has 0 amide bonds. The summed E-state index contributed by atoms with van der Waals surface area (Å²) >= 11 is 0. The van der Waals surface area contributed by atoms with E-state index in [-0.39, 0.29) is 65.4 Å². The second-order valence-electron chi connectivity index (χ2n) is 6.32. The van der Waals surface area contributed by atoms with Crippen molar-refractivity contribution in [2.24, 2.45) is 0 Å². The molecule has 0 bridgehead atoms. The fourth-order valence-corrected chi connectivity index (χ4v) is 2.94. The van der Waals surface area contributed by atoms with Gasteiger partial charge >= 0.3 is 0 Å². The Labute approximate surface area is 184 Å². The van der Waals surface area contributed by atoms with E-state index < -0.39 is 12.2 Å². The largest absolute Gasteiger partial charge is 0.648 e. The van der Waals surface area contributed by atoms with Gasteiger partial charge in [-0.15, -0.1) is 0 Å². The number of benzene rings is 2. The summed E-state index contributed by atoms with van der Waals surface area (Å²) in [6.07, 6.45) is -1.39. The molecule has 27 heavy (non-hydrogen) atoms. The summed E-state index contributed by atoms with van der Waals surface area (Å²) in [7, 11) is 0. The van der Waals surface area contributed by atoms with Gasteiger partial charge in [0.15, 0.2) is 17.6 Å². The van der Waals surface area contributed by atoms with Crippen molar-refractivity contribution in [3.05, 3.63) is 41.5 Å². The molecular formula is C19H19LaO7-. The van der Waals surface area contributed by atoms with Crippen molar-refractivity contribution in [3.63, 3.8) is 0 Å². The molecule has 7 nitrogen and oxygen atoms in total. The van der Waals surface area contributed by atoms with Crippen LogP contribution in [0.15, 0.2) is 30.3 Å². The maximum absolute atomic E-state index is 10.8. The first-order chi connectivity index (χ1) is 12.4. The number of rotatable bonds is 5. The normalized spacial score (nSPS) is 18.0. The van der Waals surface area contributed by atoms with Crippen LogP contribution in [0.3, 0.4) is 0 Å². The van der Waals surface area contributed by atoms with Crippen molar-refractivity contribution in [1.29, 1.82) is 0 Å². The molecule has 0 saturated carbocycles. The van der Waals surface area contributed by atoms with Crippen molar-refractivity contribution in [3.8, 4) is 28.7 Å². The van der Waals surface area contributed by atoms with Gasteiger partial charge in [0.05, 0.1) is 6.10 Å². The zero-order chi connectivity index (χ0) is 18.8. The summed E-state index contributed by atoms with van der Waals surface area (Å²) in [6, 6.07) is 7.35. The summed E-state index contributed by atoms with van der Waals surface area (Å²) < 4.78 is 16.6. The maximum atomic E-state index is 10.8. The third kappa shape index (κ3) is 4.69. The summed E-state index contributed by atoms with van der Waals surface area (Å²) in [5.74, 6) is 0.235. The zero-order valence-corrected chi connectivity index (χ0v) is 18.5. The second kappa shape index (κ2) is 8.86. The molecule has 0 unspecified atom stereocenters. The number of carbonyl (C=O) groups excluding carboxylic acids is 1. The van der Waals surface area contributed by atoms with E-state index in [0.717, 1.165) is 0 Å². The topological polar surface area (TPSA) is 105 Å². The third-order valence-electron chi connectivity index (χ3n) is 4.06. The predicted molar refractivity (Wildman–Crippen MR) is 91.3 cm³/mol. The molecule has 0 saturated heterocycles. The van der Waals surface area contributed by atoms with Gasteiger partial charge in [-0.25, -0.2) is 0 Å². The molecule has 141 valence electrons. The Balaban J connectivity index is 0.00000261. The molecular weight excluding hydrogens is 479 g/mol. The Kier molecular flexibility index (Phi) is 7.03. The number of aromatic hydroxyl groups is 3. The van der Waals surface area contributed by atoms with Gasteiger partial charge in [-0.3, -0.25) is 0 Å². The molecule has 3 N–H and O–H groups in total. The first-order valence-corrected chi connectivity index (χ1v) is 8.13. The zero-order valence-electron chi connectivity index (χ0n) is 14.9. The monoisotopic (exact) mass is 498 g/mol. The van der Waals surface area contributed by atoms with E-state index in [2.05, 4.69) is 0 Å². The summed E-state index contributed by atoms with van der Waals surface area (Å²) in [5, 5.41) is 29.5. The Bertz CT molecular complexity index is 822. The van der Waals surface area contributed by atoms with Gasteiger partial charge in [0.1, 0.15) is 23.4 Å². The minimum Gasteiger partial charge on any atom is -0.648 e. The minimum atomic E-state index is -0.758. The molecule has 2 atom stereocenters. The number of fused-ring (bicyclic) bond motifs is 1. The smallest absolute Gasteiger partial charge is 0.158 e. The van der Waals surface area contributed by atoms with Crippen LogP contribution in [-0.4, -0.2) is 34.0 Å². The number of hydrogen-bond acceptors (Lipinski definition) is 7. The van der Waals surface area contributed by atoms with Crippen molar-refractivity contribution in [2.45, 2.75) is 38.6 Å². The van der Waals surface area contributed by atoms with Gasteiger partial charge in [-0.05, 0) is 31.5 Å². The molecule has 0 fully saturated rings. The molecule has 1 radical (unpaired) electrons. The number of ether oxygens (including phenoxy) is 3. The van der Waals surface area contributed by atoms with Gasteiger partial charge in [0.25, 0.3) is 0 Å². The van der Waals surface area contributed by atoms with Crippen molar-refractivity contribution >= 4 is 6.47 Å². The van der Waals surface area contributed by atoms with Crippen LogP contribution in [0.4, 0.5) is 0 Å². The Morgan fingerprint density at radius 3 is 2.48 bits per heavy atom. The molecule has 0 aliphatic carbocycles.